The molecule has 0 bridgehead atoms. The molecule has 56 heavy (non-hydrogen) atoms. The van der Waals surface area contributed by atoms with Gasteiger partial charge in [0.25, 0.3) is 0 Å². The minimum atomic E-state index is 0.645. The number of para-hydroxylation sites is 1. The molecule has 8 aromatic carbocycles. The van der Waals surface area contributed by atoms with Crippen LogP contribution < -0.4 is 4.90 Å². The molecule has 2 aromatic heterocycles. The summed E-state index contributed by atoms with van der Waals surface area (Å²) in [6.45, 7) is 0. The number of anilines is 3. The van der Waals surface area contributed by atoms with E-state index in [1.165, 1.54) is 11.1 Å². The second-order valence-corrected chi connectivity index (χ2v) is 13.8. The number of furan rings is 1. The fourth-order valence-electron chi connectivity index (χ4n) is 7.48. The van der Waals surface area contributed by atoms with Gasteiger partial charge < -0.3 is 9.32 Å². The number of hydrogen-bond acceptors (Lipinski definition) is 4. The Morgan fingerprint density at radius 3 is 1.29 bits per heavy atom. The zero-order valence-electron chi connectivity index (χ0n) is 30.5. The van der Waals surface area contributed by atoms with E-state index in [2.05, 4.69) is 169 Å². The third-order valence-corrected chi connectivity index (χ3v) is 10.3. The third-order valence-electron chi connectivity index (χ3n) is 10.3. The molecule has 0 aliphatic heterocycles. The number of aromatic nitrogens is 2. The van der Waals surface area contributed by atoms with Crippen molar-refractivity contribution in [2.24, 2.45) is 0 Å². The molecule has 0 fully saturated rings. The summed E-state index contributed by atoms with van der Waals surface area (Å²) in [4.78, 5) is 12.4. The second-order valence-electron chi connectivity index (χ2n) is 13.8. The smallest absolute Gasteiger partial charge is 0.160 e. The highest BCUT2D eigenvalue weighted by Gasteiger charge is 2.21. The molecule has 0 aliphatic carbocycles. The highest BCUT2D eigenvalue weighted by Crippen LogP contribution is 2.43. The lowest BCUT2D eigenvalue weighted by molar-refractivity contribution is 0.669. The van der Waals surface area contributed by atoms with Gasteiger partial charge in [0, 0.05) is 38.8 Å². The summed E-state index contributed by atoms with van der Waals surface area (Å²) < 4.78 is 6.89. The molecule has 0 radical (unpaired) electrons. The van der Waals surface area contributed by atoms with Crippen LogP contribution in [-0.2, 0) is 0 Å². The Morgan fingerprint density at radius 2 is 0.786 bits per heavy atom. The Labute approximate surface area is 325 Å². The van der Waals surface area contributed by atoms with Crippen molar-refractivity contribution in [1.29, 1.82) is 0 Å². The van der Waals surface area contributed by atoms with Crippen LogP contribution in [0.15, 0.2) is 217 Å². The van der Waals surface area contributed by atoms with E-state index in [4.69, 9.17) is 14.4 Å². The number of rotatable bonds is 8. The summed E-state index contributed by atoms with van der Waals surface area (Å²) in [6.07, 6.45) is 0. The molecule has 0 unspecified atom stereocenters. The molecular weight excluding hydrogens is 683 g/mol. The lowest BCUT2D eigenvalue weighted by Gasteiger charge is -2.26. The predicted molar refractivity (Wildman–Crippen MR) is 231 cm³/mol. The van der Waals surface area contributed by atoms with E-state index in [1.54, 1.807) is 0 Å². The average molecular weight is 718 g/mol. The maximum Gasteiger partial charge on any atom is 0.160 e. The zero-order valence-corrected chi connectivity index (χ0v) is 30.5. The number of fused-ring (bicyclic) bond motifs is 3. The summed E-state index contributed by atoms with van der Waals surface area (Å²) >= 11 is 0. The van der Waals surface area contributed by atoms with Gasteiger partial charge in [0.1, 0.15) is 5.58 Å². The van der Waals surface area contributed by atoms with E-state index in [0.29, 0.717) is 5.82 Å². The molecule has 0 aliphatic rings. The van der Waals surface area contributed by atoms with Crippen LogP contribution in [0.1, 0.15) is 0 Å². The van der Waals surface area contributed by atoms with E-state index in [9.17, 15) is 0 Å². The molecule has 4 nitrogen and oxygen atoms in total. The Balaban J connectivity index is 1.10. The molecule has 0 spiro atoms. The first-order valence-electron chi connectivity index (χ1n) is 18.8. The Morgan fingerprint density at radius 1 is 0.339 bits per heavy atom. The van der Waals surface area contributed by atoms with Gasteiger partial charge in [-0.2, -0.15) is 0 Å². The highest BCUT2D eigenvalue weighted by atomic mass is 16.3. The van der Waals surface area contributed by atoms with Gasteiger partial charge in [-0.15, -0.1) is 0 Å². The maximum atomic E-state index is 6.89. The molecule has 0 amide bonds. The molecule has 0 N–H and O–H groups in total. The number of nitrogens with zero attached hydrogens (tertiary/aromatic N) is 3. The van der Waals surface area contributed by atoms with Crippen LogP contribution in [0.4, 0.5) is 17.1 Å². The molecule has 264 valence electrons. The van der Waals surface area contributed by atoms with Gasteiger partial charge >= 0.3 is 0 Å². The SMILES string of the molecule is c1ccc(-c2ccc(N(c3ccc(-c4ccccc4)cc3)c3cccc4c3oc3cc(-c5nc(-c6ccccc6)cc(-c6ccccc6)n5)ccc34)cc2)cc1. The fraction of sp³-hybridized carbons (Fsp3) is 0. The molecule has 2 heterocycles. The Bertz CT molecular complexity index is 2780. The van der Waals surface area contributed by atoms with Crippen LogP contribution in [0.5, 0.6) is 0 Å². The normalized spacial score (nSPS) is 11.2. The van der Waals surface area contributed by atoms with Crippen molar-refractivity contribution >= 4 is 39.0 Å². The van der Waals surface area contributed by atoms with Crippen molar-refractivity contribution in [2.75, 3.05) is 4.90 Å². The second kappa shape index (κ2) is 14.3. The predicted octanol–water partition coefficient (Wildman–Crippen LogP) is 14.2. The largest absolute Gasteiger partial charge is 0.454 e. The molecule has 10 rings (SSSR count). The van der Waals surface area contributed by atoms with Gasteiger partial charge in [0.2, 0.25) is 0 Å². The number of hydrogen-bond donors (Lipinski definition) is 0. The first-order chi connectivity index (χ1) is 27.7. The van der Waals surface area contributed by atoms with Crippen molar-refractivity contribution in [3.63, 3.8) is 0 Å². The quantitative estimate of drug-likeness (QED) is 0.157. The molecule has 0 saturated carbocycles. The van der Waals surface area contributed by atoms with Gasteiger partial charge in [-0.1, -0.05) is 164 Å². The van der Waals surface area contributed by atoms with Crippen LogP contribution >= 0.6 is 0 Å². The van der Waals surface area contributed by atoms with Gasteiger partial charge in [-0.05, 0) is 70.8 Å². The standard InChI is InChI=1S/C52H35N3O/c1-5-14-36(15-6-1)38-24-29-43(30-25-38)55(44-31-26-39(27-32-44)37-16-7-2-8-17-37)49-23-13-22-46-45-33-28-42(34-50(45)56-51(46)49)52-53-47(40-18-9-3-10-19-40)35-48(54-52)41-20-11-4-12-21-41/h1-35H. The van der Waals surface area contributed by atoms with Crippen LogP contribution in [-0.4, -0.2) is 9.97 Å². The molecule has 4 heteroatoms. The van der Waals surface area contributed by atoms with E-state index in [1.807, 2.05) is 48.5 Å². The Hall–Kier alpha value is -7.56. The van der Waals surface area contributed by atoms with Crippen molar-refractivity contribution < 1.29 is 4.42 Å². The zero-order chi connectivity index (χ0) is 37.3. The van der Waals surface area contributed by atoms with Crippen LogP contribution in [0.2, 0.25) is 0 Å². The molecule has 0 saturated heterocycles. The van der Waals surface area contributed by atoms with Crippen molar-refractivity contribution in [1.82, 2.24) is 9.97 Å². The monoisotopic (exact) mass is 717 g/mol. The van der Waals surface area contributed by atoms with E-state index >= 15 is 0 Å². The summed E-state index contributed by atoms with van der Waals surface area (Å²) in [6, 6.07) is 73.8. The summed E-state index contributed by atoms with van der Waals surface area (Å²) in [5.41, 5.74) is 14.0. The topological polar surface area (TPSA) is 42.2 Å². The van der Waals surface area contributed by atoms with Gasteiger partial charge in [-0.3, -0.25) is 0 Å². The number of benzene rings is 8. The van der Waals surface area contributed by atoms with Crippen molar-refractivity contribution in [2.45, 2.75) is 0 Å². The highest BCUT2D eigenvalue weighted by molar-refractivity contribution is 6.11. The molecular formula is C52H35N3O. The van der Waals surface area contributed by atoms with Crippen LogP contribution in [0.3, 0.4) is 0 Å². The van der Waals surface area contributed by atoms with Crippen LogP contribution in [0, 0.1) is 0 Å². The minimum absolute atomic E-state index is 0.645. The lowest BCUT2D eigenvalue weighted by Crippen LogP contribution is -2.10. The first-order valence-corrected chi connectivity index (χ1v) is 18.8. The van der Waals surface area contributed by atoms with E-state index in [-0.39, 0.29) is 0 Å². The molecule has 0 atom stereocenters. The van der Waals surface area contributed by atoms with Crippen molar-refractivity contribution in [3.05, 3.63) is 212 Å². The van der Waals surface area contributed by atoms with E-state index < -0.39 is 0 Å². The van der Waals surface area contributed by atoms with Gasteiger partial charge in [0.15, 0.2) is 11.4 Å². The van der Waals surface area contributed by atoms with Gasteiger partial charge in [0.05, 0.1) is 17.1 Å². The lowest BCUT2D eigenvalue weighted by atomic mass is 10.0. The van der Waals surface area contributed by atoms with Gasteiger partial charge in [-0.25, -0.2) is 9.97 Å². The maximum absolute atomic E-state index is 6.89. The Kier molecular flexibility index (Phi) is 8.47. The fourth-order valence-corrected chi connectivity index (χ4v) is 7.48. The molecule has 10 aromatic rings. The minimum Gasteiger partial charge on any atom is -0.454 e. The third kappa shape index (κ3) is 6.29. The first kappa shape index (κ1) is 33.0. The van der Waals surface area contributed by atoms with E-state index in [0.717, 1.165) is 78.2 Å². The average Bonchev–Trinajstić information content (AvgIpc) is 3.67. The van der Waals surface area contributed by atoms with Crippen LogP contribution in [0.25, 0.3) is 78.1 Å². The summed E-state index contributed by atoms with van der Waals surface area (Å²) in [5.74, 6) is 0.645. The van der Waals surface area contributed by atoms with Crippen molar-refractivity contribution in [3.8, 4) is 56.2 Å². The summed E-state index contributed by atoms with van der Waals surface area (Å²) in [5, 5.41) is 2.08. The summed E-state index contributed by atoms with van der Waals surface area (Å²) in [7, 11) is 0.